The summed E-state index contributed by atoms with van der Waals surface area (Å²) >= 11 is 5.64. The molecule has 0 unspecified atom stereocenters. The molecule has 0 N–H and O–H groups in total. The molecule has 0 saturated heterocycles. The fraction of sp³-hybridized carbons (Fsp3) is 0.333. The van der Waals surface area contributed by atoms with E-state index in [1.54, 1.807) is 7.11 Å². The number of aryl methyl sites for hydroxylation is 1. The van der Waals surface area contributed by atoms with E-state index in [-0.39, 0.29) is 0 Å². The summed E-state index contributed by atoms with van der Waals surface area (Å²) in [7, 11) is 1.65. The number of methoxy groups -OCH3 is 1. The number of halogens is 1. The van der Waals surface area contributed by atoms with Crippen LogP contribution in [0.1, 0.15) is 12.2 Å². The molecule has 0 saturated carbocycles. The molecule has 1 aromatic carbocycles. The van der Waals surface area contributed by atoms with E-state index in [0.717, 1.165) is 35.3 Å². The summed E-state index contributed by atoms with van der Waals surface area (Å²) < 4.78 is 5.14. The third kappa shape index (κ3) is 2.42. The zero-order chi connectivity index (χ0) is 11.4. The molecule has 0 radical (unpaired) electrons. The number of aromatic nitrogens is 2. The standard InChI is InChI=1S/C12H13ClN2O/c1-16-10-4-5-11-9(7-10)8-14-12(15-11)3-2-6-13/h4-5,7-8H,2-3,6H2,1H3. The first-order valence-electron chi connectivity index (χ1n) is 5.19. The number of rotatable bonds is 4. The summed E-state index contributed by atoms with van der Waals surface area (Å²) in [4.78, 5) is 8.76. The van der Waals surface area contributed by atoms with Gasteiger partial charge in [0.1, 0.15) is 11.6 Å². The fourth-order valence-corrected chi connectivity index (χ4v) is 1.66. The van der Waals surface area contributed by atoms with Crippen LogP contribution in [0.25, 0.3) is 10.9 Å². The van der Waals surface area contributed by atoms with Crippen molar-refractivity contribution in [1.82, 2.24) is 9.97 Å². The molecular weight excluding hydrogens is 224 g/mol. The van der Waals surface area contributed by atoms with Gasteiger partial charge in [-0.25, -0.2) is 9.97 Å². The van der Waals surface area contributed by atoms with Crippen LogP contribution >= 0.6 is 11.6 Å². The molecular formula is C12H13ClN2O. The molecule has 16 heavy (non-hydrogen) atoms. The molecule has 0 fully saturated rings. The molecule has 1 heterocycles. The third-order valence-corrected chi connectivity index (χ3v) is 2.64. The molecule has 4 heteroatoms. The highest BCUT2D eigenvalue weighted by Crippen LogP contribution is 2.18. The van der Waals surface area contributed by atoms with Crippen molar-refractivity contribution in [2.75, 3.05) is 13.0 Å². The highest BCUT2D eigenvalue weighted by molar-refractivity contribution is 6.17. The quantitative estimate of drug-likeness (QED) is 0.766. The monoisotopic (exact) mass is 236 g/mol. The Morgan fingerprint density at radius 3 is 3.00 bits per heavy atom. The number of hydrogen-bond acceptors (Lipinski definition) is 3. The third-order valence-electron chi connectivity index (χ3n) is 2.37. The Balaban J connectivity index is 2.32. The Kier molecular flexibility index (Phi) is 3.57. The van der Waals surface area contributed by atoms with Crippen molar-refractivity contribution in [3.05, 3.63) is 30.2 Å². The van der Waals surface area contributed by atoms with Crippen molar-refractivity contribution in [3.8, 4) is 5.75 Å². The van der Waals surface area contributed by atoms with Gasteiger partial charge in [0.15, 0.2) is 0 Å². The molecule has 1 aromatic heterocycles. The zero-order valence-corrected chi connectivity index (χ0v) is 9.87. The average Bonchev–Trinajstić information content (AvgIpc) is 2.35. The molecule has 3 nitrogen and oxygen atoms in total. The Bertz CT molecular complexity index is 487. The van der Waals surface area contributed by atoms with Crippen LogP contribution in [0.4, 0.5) is 0 Å². The molecule has 2 rings (SSSR count). The Morgan fingerprint density at radius 2 is 2.25 bits per heavy atom. The average molecular weight is 237 g/mol. The van der Waals surface area contributed by atoms with Gasteiger partial charge in [0.05, 0.1) is 12.6 Å². The highest BCUT2D eigenvalue weighted by Gasteiger charge is 2.01. The van der Waals surface area contributed by atoms with E-state index in [1.807, 2.05) is 24.4 Å². The predicted molar refractivity (Wildman–Crippen MR) is 65.1 cm³/mol. The van der Waals surface area contributed by atoms with Crippen molar-refractivity contribution >= 4 is 22.5 Å². The summed E-state index contributed by atoms with van der Waals surface area (Å²) in [5.41, 5.74) is 0.945. The van der Waals surface area contributed by atoms with Gasteiger partial charge in [-0.05, 0) is 24.6 Å². The number of benzene rings is 1. The summed E-state index contributed by atoms with van der Waals surface area (Å²) in [6, 6.07) is 5.78. The topological polar surface area (TPSA) is 35.0 Å². The van der Waals surface area contributed by atoms with E-state index in [9.17, 15) is 0 Å². The van der Waals surface area contributed by atoms with Gasteiger partial charge in [0.25, 0.3) is 0 Å². The van der Waals surface area contributed by atoms with E-state index < -0.39 is 0 Å². The normalized spacial score (nSPS) is 10.6. The summed E-state index contributed by atoms with van der Waals surface area (Å²) in [5.74, 6) is 2.31. The van der Waals surface area contributed by atoms with Crippen LogP contribution in [0, 0.1) is 0 Å². The molecule has 84 valence electrons. The van der Waals surface area contributed by atoms with Crippen LogP contribution in [0.2, 0.25) is 0 Å². The van der Waals surface area contributed by atoms with Crippen LogP contribution in [0.3, 0.4) is 0 Å². The van der Waals surface area contributed by atoms with Crippen molar-refractivity contribution in [2.24, 2.45) is 0 Å². The van der Waals surface area contributed by atoms with Gasteiger partial charge in [0.2, 0.25) is 0 Å². The molecule has 0 bridgehead atoms. The van der Waals surface area contributed by atoms with Gasteiger partial charge in [-0.15, -0.1) is 11.6 Å². The second-order valence-corrected chi connectivity index (χ2v) is 3.88. The maximum atomic E-state index is 5.64. The fourth-order valence-electron chi connectivity index (χ4n) is 1.52. The van der Waals surface area contributed by atoms with Crippen LogP contribution in [-0.2, 0) is 6.42 Å². The van der Waals surface area contributed by atoms with E-state index in [1.165, 1.54) is 0 Å². The number of hydrogen-bond donors (Lipinski definition) is 0. The lowest BCUT2D eigenvalue weighted by molar-refractivity contribution is 0.415. The van der Waals surface area contributed by atoms with Gasteiger partial charge >= 0.3 is 0 Å². The molecule has 2 aromatic rings. The predicted octanol–water partition coefficient (Wildman–Crippen LogP) is 2.81. The van der Waals surface area contributed by atoms with E-state index in [4.69, 9.17) is 16.3 Å². The Morgan fingerprint density at radius 1 is 1.38 bits per heavy atom. The van der Waals surface area contributed by atoms with E-state index >= 15 is 0 Å². The van der Waals surface area contributed by atoms with Gasteiger partial charge in [0, 0.05) is 23.9 Å². The minimum absolute atomic E-state index is 0.643. The molecule has 0 aliphatic carbocycles. The van der Waals surface area contributed by atoms with Crippen molar-refractivity contribution in [3.63, 3.8) is 0 Å². The summed E-state index contributed by atoms with van der Waals surface area (Å²) in [6.07, 6.45) is 3.56. The lowest BCUT2D eigenvalue weighted by Gasteiger charge is -2.03. The van der Waals surface area contributed by atoms with Gasteiger partial charge in [-0.1, -0.05) is 0 Å². The van der Waals surface area contributed by atoms with Crippen LogP contribution in [0.5, 0.6) is 5.75 Å². The smallest absolute Gasteiger partial charge is 0.129 e. The number of alkyl halides is 1. The van der Waals surface area contributed by atoms with Crippen LogP contribution < -0.4 is 4.74 Å². The molecule has 0 aliphatic heterocycles. The van der Waals surface area contributed by atoms with Crippen LogP contribution in [0.15, 0.2) is 24.4 Å². The largest absolute Gasteiger partial charge is 0.497 e. The summed E-state index contributed by atoms with van der Waals surface area (Å²) in [6.45, 7) is 0. The van der Waals surface area contributed by atoms with E-state index in [2.05, 4.69) is 9.97 Å². The lowest BCUT2D eigenvalue weighted by Crippen LogP contribution is -1.96. The maximum absolute atomic E-state index is 5.64. The Hall–Kier alpha value is -1.35. The minimum atomic E-state index is 0.643. The van der Waals surface area contributed by atoms with Crippen molar-refractivity contribution in [2.45, 2.75) is 12.8 Å². The molecule has 0 amide bonds. The second kappa shape index (κ2) is 5.12. The first-order valence-corrected chi connectivity index (χ1v) is 5.72. The second-order valence-electron chi connectivity index (χ2n) is 3.50. The van der Waals surface area contributed by atoms with Gasteiger partial charge in [-0.2, -0.15) is 0 Å². The summed E-state index contributed by atoms with van der Waals surface area (Å²) in [5, 5.41) is 0.994. The van der Waals surface area contributed by atoms with Crippen molar-refractivity contribution < 1.29 is 4.74 Å². The number of ether oxygens (including phenoxy) is 1. The molecule has 0 spiro atoms. The first kappa shape index (κ1) is 11.1. The maximum Gasteiger partial charge on any atom is 0.129 e. The molecule has 0 atom stereocenters. The molecule has 0 aliphatic rings. The minimum Gasteiger partial charge on any atom is -0.497 e. The van der Waals surface area contributed by atoms with E-state index in [0.29, 0.717) is 5.88 Å². The number of fused-ring (bicyclic) bond motifs is 1. The van der Waals surface area contributed by atoms with Crippen LogP contribution in [-0.4, -0.2) is 23.0 Å². The van der Waals surface area contributed by atoms with Gasteiger partial charge < -0.3 is 4.74 Å². The lowest BCUT2D eigenvalue weighted by atomic mass is 10.2. The van der Waals surface area contributed by atoms with Crippen molar-refractivity contribution in [1.29, 1.82) is 0 Å². The zero-order valence-electron chi connectivity index (χ0n) is 9.11. The SMILES string of the molecule is COc1ccc2nc(CCCCl)ncc2c1. The van der Waals surface area contributed by atoms with Gasteiger partial charge in [-0.3, -0.25) is 0 Å². The Labute approximate surface area is 99.4 Å². The highest BCUT2D eigenvalue weighted by atomic mass is 35.5. The first-order chi connectivity index (χ1) is 7.83. The number of nitrogens with zero attached hydrogens (tertiary/aromatic N) is 2.